The van der Waals surface area contributed by atoms with E-state index in [0.29, 0.717) is 12.0 Å². The van der Waals surface area contributed by atoms with Crippen LogP contribution in [0.3, 0.4) is 0 Å². The number of anilines is 1. The normalized spacial score (nSPS) is 23.6. The molecule has 1 aliphatic heterocycles. The molecule has 1 aliphatic rings. The van der Waals surface area contributed by atoms with Crippen LogP contribution in [0.2, 0.25) is 0 Å². The van der Waals surface area contributed by atoms with Crippen molar-refractivity contribution in [2.24, 2.45) is 5.92 Å². The van der Waals surface area contributed by atoms with Crippen LogP contribution in [0.1, 0.15) is 19.8 Å². The van der Waals surface area contributed by atoms with Gasteiger partial charge in [-0.3, -0.25) is 0 Å². The molecule has 0 amide bonds. The van der Waals surface area contributed by atoms with Gasteiger partial charge in [0, 0.05) is 25.3 Å². The van der Waals surface area contributed by atoms with Gasteiger partial charge in [-0.25, -0.2) is 4.98 Å². The number of rotatable bonds is 5. The number of ether oxygens (including phenoxy) is 2. The highest BCUT2D eigenvalue weighted by molar-refractivity contribution is 5.49. The lowest BCUT2D eigenvalue weighted by molar-refractivity contribution is 0.0900. The first-order valence-electron chi connectivity index (χ1n) is 6.19. The molecule has 0 spiro atoms. The van der Waals surface area contributed by atoms with Crippen LogP contribution in [-0.4, -0.2) is 31.3 Å². The predicted octanol–water partition coefficient (Wildman–Crippen LogP) is 2.32. The van der Waals surface area contributed by atoms with Gasteiger partial charge in [-0.1, -0.05) is 6.92 Å². The van der Waals surface area contributed by atoms with Gasteiger partial charge in [-0.05, 0) is 25.0 Å². The summed E-state index contributed by atoms with van der Waals surface area (Å²) in [7, 11) is 1.66. The molecule has 0 aliphatic carbocycles. The van der Waals surface area contributed by atoms with E-state index in [-0.39, 0.29) is 0 Å². The van der Waals surface area contributed by atoms with Crippen molar-refractivity contribution in [3.63, 3.8) is 0 Å². The minimum Gasteiger partial charge on any atom is -0.493 e. The topological polar surface area (TPSA) is 43.4 Å². The Morgan fingerprint density at radius 2 is 2.47 bits per heavy atom. The highest BCUT2D eigenvalue weighted by atomic mass is 16.5. The molecule has 1 aromatic rings. The van der Waals surface area contributed by atoms with E-state index in [1.165, 1.54) is 0 Å². The summed E-state index contributed by atoms with van der Waals surface area (Å²) in [5.41, 5.74) is 0. The average molecular weight is 236 g/mol. The molecule has 2 unspecified atom stereocenters. The van der Waals surface area contributed by atoms with E-state index in [0.717, 1.165) is 37.6 Å². The number of pyridine rings is 1. The van der Waals surface area contributed by atoms with Crippen LogP contribution >= 0.6 is 0 Å². The number of methoxy groups -OCH3 is 1. The Morgan fingerprint density at radius 1 is 1.59 bits per heavy atom. The van der Waals surface area contributed by atoms with Gasteiger partial charge >= 0.3 is 0 Å². The number of hydrogen-bond donors (Lipinski definition) is 1. The summed E-state index contributed by atoms with van der Waals surface area (Å²) in [6.45, 7) is 3.94. The second-order valence-corrected chi connectivity index (χ2v) is 4.30. The zero-order chi connectivity index (χ0) is 12.1. The van der Waals surface area contributed by atoms with Crippen LogP contribution in [0, 0.1) is 5.92 Å². The molecule has 0 aromatic carbocycles. The van der Waals surface area contributed by atoms with Gasteiger partial charge in [-0.2, -0.15) is 0 Å². The minimum atomic E-state index is 0.386. The third kappa shape index (κ3) is 2.88. The summed E-state index contributed by atoms with van der Waals surface area (Å²) in [6.07, 6.45) is 4.36. The van der Waals surface area contributed by atoms with Crippen molar-refractivity contribution >= 4 is 5.82 Å². The molecule has 4 heteroatoms. The van der Waals surface area contributed by atoms with Gasteiger partial charge in [0.2, 0.25) is 0 Å². The van der Waals surface area contributed by atoms with E-state index in [2.05, 4.69) is 17.2 Å². The molecule has 2 rings (SSSR count). The summed E-state index contributed by atoms with van der Waals surface area (Å²) >= 11 is 0. The van der Waals surface area contributed by atoms with Crippen LogP contribution in [0.5, 0.6) is 5.75 Å². The Kier molecular flexibility index (Phi) is 4.20. The standard InChI is InChI=1S/C13H20N2O2/c1-3-11-10(6-8-17-11)9-15-13-12(16-2)5-4-7-14-13/h4-5,7,10-11H,3,6,8-9H2,1-2H3,(H,14,15). The molecule has 0 bridgehead atoms. The van der Waals surface area contributed by atoms with Crippen molar-refractivity contribution in [2.45, 2.75) is 25.9 Å². The zero-order valence-corrected chi connectivity index (χ0v) is 10.5. The maximum Gasteiger partial charge on any atom is 0.168 e. The summed E-state index contributed by atoms with van der Waals surface area (Å²) in [5, 5.41) is 3.35. The van der Waals surface area contributed by atoms with Crippen LogP contribution in [0.15, 0.2) is 18.3 Å². The summed E-state index contributed by atoms with van der Waals surface area (Å²) in [4.78, 5) is 4.28. The molecule has 1 N–H and O–H groups in total. The monoisotopic (exact) mass is 236 g/mol. The Hall–Kier alpha value is -1.29. The second kappa shape index (κ2) is 5.87. The lowest BCUT2D eigenvalue weighted by atomic mass is 10.00. The van der Waals surface area contributed by atoms with Crippen molar-refractivity contribution in [1.82, 2.24) is 4.98 Å². The second-order valence-electron chi connectivity index (χ2n) is 4.30. The highest BCUT2D eigenvalue weighted by Crippen LogP contribution is 2.25. The minimum absolute atomic E-state index is 0.386. The molecule has 4 nitrogen and oxygen atoms in total. The van der Waals surface area contributed by atoms with E-state index < -0.39 is 0 Å². The molecule has 1 aromatic heterocycles. The fourth-order valence-corrected chi connectivity index (χ4v) is 2.29. The number of hydrogen-bond acceptors (Lipinski definition) is 4. The third-order valence-corrected chi connectivity index (χ3v) is 3.27. The highest BCUT2D eigenvalue weighted by Gasteiger charge is 2.26. The molecular weight excluding hydrogens is 216 g/mol. The first-order chi connectivity index (χ1) is 8.35. The van der Waals surface area contributed by atoms with Gasteiger partial charge in [0.05, 0.1) is 13.2 Å². The van der Waals surface area contributed by atoms with Crippen LogP contribution in [0.25, 0.3) is 0 Å². The number of nitrogens with one attached hydrogen (secondary N) is 1. The molecule has 17 heavy (non-hydrogen) atoms. The first kappa shape index (κ1) is 12.2. The van der Waals surface area contributed by atoms with E-state index in [9.17, 15) is 0 Å². The van der Waals surface area contributed by atoms with Gasteiger partial charge in [0.25, 0.3) is 0 Å². The Morgan fingerprint density at radius 3 is 3.24 bits per heavy atom. The van der Waals surface area contributed by atoms with E-state index in [1.54, 1.807) is 13.3 Å². The third-order valence-electron chi connectivity index (χ3n) is 3.27. The Balaban J connectivity index is 1.93. The molecule has 0 saturated carbocycles. The smallest absolute Gasteiger partial charge is 0.168 e. The van der Waals surface area contributed by atoms with Crippen LogP contribution in [0.4, 0.5) is 5.82 Å². The summed E-state index contributed by atoms with van der Waals surface area (Å²) < 4.78 is 10.9. The summed E-state index contributed by atoms with van der Waals surface area (Å²) in [5.74, 6) is 2.18. The number of nitrogens with zero attached hydrogens (tertiary/aromatic N) is 1. The number of aromatic nitrogens is 1. The van der Waals surface area contributed by atoms with Crippen molar-refractivity contribution < 1.29 is 9.47 Å². The van der Waals surface area contributed by atoms with Gasteiger partial charge in [0.15, 0.2) is 11.6 Å². The largest absolute Gasteiger partial charge is 0.493 e. The van der Waals surface area contributed by atoms with Crippen molar-refractivity contribution in [2.75, 3.05) is 25.6 Å². The lowest BCUT2D eigenvalue weighted by Crippen LogP contribution is -2.23. The maximum absolute atomic E-state index is 5.67. The average Bonchev–Trinajstić information content (AvgIpc) is 2.84. The van der Waals surface area contributed by atoms with Crippen molar-refractivity contribution in [1.29, 1.82) is 0 Å². The van der Waals surface area contributed by atoms with E-state index in [1.807, 2.05) is 12.1 Å². The maximum atomic E-state index is 5.67. The van der Waals surface area contributed by atoms with E-state index >= 15 is 0 Å². The van der Waals surface area contributed by atoms with E-state index in [4.69, 9.17) is 9.47 Å². The van der Waals surface area contributed by atoms with Crippen LogP contribution in [-0.2, 0) is 4.74 Å². The zero-order valence-electron chi connectivity index (χ0n) is 10.5. The van der Waals surface area contributed by atoms with Crippen LogP contribution < -0.4 is 10.1 Å². The Bertz CT molecular complexity index is 357. The van der Waals surface area contributed by atoms with Crippen molar-refractivity contribution in [3.8, 4) is 5.75 Å². The first-order valence-corrected chi connectivity index (χ1v) is 6.19. The molecule has 94 valence electrons. The van der Waals surface area contributed by atoms with Gasteiger partial charge in [0.1, 0.15) is 0 Å². The quantitative estimate of drug-likeness (QED) is 0.852. The molecule has 1 saturated heterocycles. The SMILES string of the molecule is CCC1OCCC1CNc1ncccc1OC. The predicted molar refractivity (Wildman–Crippen MR) is 67.4 cm³/mol. The molecule has 1 fully saturated rings. The lowest BCUT2D eigenvalue weighted by Gasteiger charge is -2.18. The fourth-order valence-electron chi connectivity index (χ4n) is 2.29. The van der Waals surface area contributed by atoms with Gasteiger partial charge in [-0.15, -0.1) is 0 Å². The van der Waals surface area contributed by atoms with Gasteiger partial charge < -0.3 is 14.8 Å². The molecular formula is C13H20N2O2. The molecule has 2 heterocycles. The Labute approximate surface area is 102 Å². The van der Waals surface area contributed by atoms with Crippen molar-refractivity contribution in [3.05, 3.63) is 18.3 Å². The fraction of sp³-hybridized carbons (Fsp3) is 0.615. The summed E-state index contributed by atoms with van der Waals surface area (Å²) in [6, 6.07) is 3.79. The molecule has 0 radical (unpaired) electrons. The molecule has 2 atom stereocenters.